The second-order valence-corrected chi connectivity index (χ2v) is 6.61. The number of carbonyl (C=O) groups is 1. The maximum absolute atomic E-state index is 12.4. The van der Waals surface area contributed by atoms with Crippen LogP contribution in [0, 0.1) is 12.3 Å². The number of rotatable bonds is 5. The number of amides is 2. The lowest BCUT2D eigenvalue weighted by Crippen LogP contribution is -2.33. The van der Waals surface area contributed by atoms with Crippen LogP contribution in [0.5, 0.6) is 5.75 Å². The van der Waals surface area contributed by atoms with E-state index in [1.807, 2.05) is 43.3 Å². The summed E-state index contributed by atoms with van der Waals surface area (Å²) < 4.78 is 5.58. The number of pyridine rings is 2. The van der Waals surface area contributed by atoms with E-state index in [0.717, 1.165) is 22.7 Å². The summed E-state index contributed by atoms with van der Waals surface area (Å²) in [7, 11) is 0. The van der Waals surface area contributed by atoms with Gasteiger partial charge in [-0.3, -0.25) is 10.3 Å². The normalized spacial score (nSPS) is 14.4. The Morgan fingerprint density at radius 3 is 2.93 bits per heavy atom. The molecule has 0 radical (unpaired) electrons. The largest absolute Gasteiger partial charge is 0.491 e. The number of aromatic nitrogens is 2. The van der Waals surface area contributed by atoms with Gasteiger partial charge >= 0.3 is 6.03 Å². The number of nitrogens with zero attached hydrogens (tertiary/aromatic N) is 2. The molecule has 8 heteroatoms. The second kappa shape index (κ2) is 7.97. The molecule has 3 aromatic rings. The van der Waals surface area contributed by atoms with Crippen LogP contribution < -0.4 is 20.7 Å². The molecule has 8 nitrogen and oxygen atoms in total. The van der Waals surface area contributed by atoms with Crippen molar-refractivity contribution in [2.24, 2.45) is 0 Å². The molecule has 0 saturated heterocycles. The average molecular weight is 388 g/mol. The zero-order valence-corrected chi connectivity index (χ0v) is 15.8. The maximum atomic E-state index is 12.4. The van der Waals surface area contributed by atoms with Gasteiger partial charge in [-0.25, -0.2) is 9.78 Å². The summed E-state index contributed by atoms with van der Waals surface area (Å²) >= 11 is 0. The van der Waals surface area contributed by atoms with Crippen LogP contribution in [-0.2, 0) is 0 Å². The number of fused-ring (bicyclic) bond motifs is 1. The van der Waals surface area contributed by atoms with Crippen molar-refractivity contribution in [1.29, 1.82) is 5.41 Å². The van der Waals surface area contributed by atoms with Crippen LogP contribution >= 0.6 is 0 Å². The molecule has 0 aliphatic carbocycles. The number of hydrogen-bond donors (Lipinski definition) is 4. The molecule has 29 heavy (non-hydrogen) atoms. The molecule has 4 rings (SSSR count). The highest BCUT2D eigenvalue weighted by atomic mass is 16.5. The molecule has 146 valence electrons. The molecular weight excluding hydrogens is 368 g/mol. The van der Waals surface area contributed by atoms with Crippen molar-refractivity contribution in [3.63, 3.8) is 0 Å². The van der Waals surface area contributed by atoms with Gasteiger partial charge in [0.05, 0.1) is 17.9 Å². The summed E-state index contributed by atoms with van der Waals surface area (Å²) in [6, 6.07) is 12.4. The Balaban J connectivity index is 1.44. The van der Waals surface area contributed by atoms with Crippen molar-refractivity contribution in [2.45, 2.75) is 13.0 Å². The Kier molecular flexibility index (Phi) is 5.07. The minimum atomic E-state index is -0.385. The molecule has 2 amide bonds. The molecule has 2 aromatic heterocycles. The number of para-hydroxylation sites is 1. The number of nitrogens with one attached hydrogen (secondary N) is 4. The third-order valence-corrected chi connectivity index (χ3v) is 4.51. The van der Waals surface area contributed by atoms with Gasteiger partial charge in [0.2, 0.25) is 0 Å². The first kappa shape index (κ1) is 18.4. The fourth-order valence-electron chi connectivity index (χ4n) is 3.13. The van der Waals surface area contributed by atoms with Gasteiger partial charge in [-0.15, -0.1) is 0 Å². The predicted molar refractivity (Wildman–Crippen MR) is 111 cm³/mol. The Morgan fingerprint density at radius 1 is 1.24 bits per heavy atom. The monoisotopic (exact) mass is 388 g/mol. The van der Waals surface area contributed by atoms with Crippen molar-refractivity contribution < 1.29 is 9.53 Å². The molecule has 1 aliphatic rings. The molecule has 0 bridgehead atoms. The Morgan fingerprint density at radius 2 is 2.10 bits per heavy atom. The summed E-state index contributed by atoms with van der Waals surface area (Å²) in [5, 5.41) is 16.5. The predicted octanol–water partition coefficient (Wildman–Crippen LogP) is 3.78. The summed E-state index contributed by atoms with van der Waals surface area (Å²) in [6.07, 6.45) is 4.50. The zero-order chi connectivity index (χ0) is 20.2. The molecule has 0 spiro atoms. The van der Waals surface area contributed by atoms with Crippen molar-refractivity contribution >= 4 is 29.4 Å². The molecule has 0 saturated carbocycles. The molecule has 3 heterocycles. The van der Waals surface area contributed by atoms with Gasteiger partial charge in [0, 0.05) is 34.9 Å². The van der Waals surface area contributed by atoms with E-state index in [-0.39, 0.29) is 12.1 Å². The highest BCUT2D eigenvalue weighted by Crippen LogP contribution is 2.31. The van der Waals surface area contributed by atoms with E-state index >= 15 is 0 Å². The van der Waals surface area contributed by atoms with Crippen LogP contribution in [0.2, 0.25) is 0 Å². The Hall–Kier alpha value is -3.94. The summed E-state index contributed by atoms with van der Waals surface area (Å²) in [5.41, 5.74) is 3.93. The lowest BCUT2D eigenvalue weighted by molar-refractivity contribution is 0.243. The van der Waals surface area contributed by atoms with Gasteiger partial charge in [-0.2, -0.15) is 0 Å². The van der Waals surface area contributed by atoms with Gasteiger partial charge in [-0.05, 0) is 31.2 Å². The molecule has 1 aromatic carbocycles. The third kappa shape index (κ3) is 4.16. The smallest absolute Gasteiger partial charge is 0.321 e. The number of hydrogen-bond acceptors (Lipinski definition) is 6. The van der Waals surface area contributed by atoms with Crippen LogP contribution in [0.4, 0.5) is 22.0 Å². The Labute approximate surface area is 167 Å². The number of anilines is 3. The quantitative estimate of drug-likeness (QED) is 0.497. The number of benzene rings is 1. The van der Waals surface area contributed by atoms with Crippen molar-refractivity contribution in [3.05, 3.63) is 71.7 Å². The van der Waals surface area contributed by atoms with Crippen molar-refractivity contribution in [1.82, 2.24) is 15.3 Å². The molecule has 1 aliphatic heterocycles. The van der Waals surface area contributed by atoms with Crippen molar-refractivity contribution in [2.75, 3.05) is 17.2 Å². The lowest BCUT2D eigenvalue weighted by atomic mass is 10.1. The van der Waals surface area contributed by atoms with Crippen LogP contribution in [0.15, 0.2) is 54.9 Å². The fourth-order valence-corrected chi connectivity index (χ4v) is 3.13. The maximum Gasteiger partial charge on any atom is 0.321 e. The molecule has 1 atom stereocenters. The first-order valence-corrected chi connectivity index (χ1v) is 9.12. The van der Waals surface area contributed by atoms with Crippen molar-refractivity contribution in [3.8, 4) is 5.75 Å². The van der Waals surface area contributed by atoms with E-state index in [9.17, 15) is 4.79 Å². The molecular formula is C21H20N6O2. The van der Waals surface area contributed by atoms with E-state index in [1.54, 1.807) is 18.5 Å². The highest BCUT2D eigenvalue weighted by molar-refractivity contribution is 5.92. The third-order valence-electron chi connectivity index (χ3n) is 4.51. The summed E-state index contributed by atoms with van der Waals surface area (Å²) in [4.78, 5) is 20.8. The molecule has 4 N–H and O–H groups in total. The summed E-state index contributed by atoms with van der Waals surface area (Å²) in [6.45, 7) is 2.29. The molecule has 1 unspecified atom stereocenters. The number of ether oxygens (including phenoxy) is 1. The van der Waals surface area contributed by atoms with Crippen LogP contribution in [0.3, 0.4) is 0 Å². The van der Waals surface area contributed by atoms with E-state index in [4.69, 9.17) is 10.1 Å². The molecule has 0 fully saturated rings. The van der Waals surface area contributed by atoms with Gasteiger partial charge in [0.25, 0.3) is 0 Å². The van der Waals surface area contributed by atoms with Gasteiger partial charge in [0.1, 0.15) is 18.2 Å². The number of aryl methyl sites for hydroxylation is 1. The van der Waals surface area contributed by atoms with Crippen LogP contribution in [0.1, 0.15) is 22.9 Å². The number of urea groups is 1. The number of carbonyl (C=O) groups excluding carboxylic acids is 1. The fraction of sp³-hybridized carbons (Fsp3) is 0.143. The SMILES string of the molecule is Cc1cc(Nc2cnc(NC(=O)NC3COc4ccccc43)cc2C=N)ccn1. The van der Waals surface area contributed by atoms with Gasteiger partial charge < -0.3 is 20.8 Å². The van der Waals surface area contributed by atoms with Gasteiger partial charge in [-0.1, -0.05) is 18.2 Å². The summed E-state index contributed by atoms with van der Waals surface area (Å²) in [5.74, 6) is 1.13. The highest BCUT2D eigenvalue weighted by Gasteiger charge is 2.25. The topological polar surface area (TPSA) is 112 Å². The Bertz CT molecular complexity index is 1070. The first-order valence-electron chi connectivity index (χ1n) is 9.12. The average Bonchev–Trinajstić information content (AvgIpc) is 3.12. The van der Waals surface area contributed by atoms with Gasteiger partial charge in [0.15, 0.2) is 0 Å². The minimum absolute atomic E-state index is 0.218. The van der Waals surface area contributed by atoms with E-state index in [2.05, 4.69) is 25.9 Å². The second-order valence-electron chi connectivity index (χ2n) is 6.61. The minimum Gasteiger partial charge on any atom is -0.491 e. The zero-order valence-electron chi connectivity index (χ0n) is 15.8. The lowest BCUT2D eigenvalue weighted by Gasteiger charge is -2.14. The van der Waals surface area contributed by atoms with Crippen LogP contribution in [0.25, 0.3) is 0 Å². The van der Waals surface area contributed by atoms with Crippen LogP contribution in [-0.4, -0.2) is 28.8 Å². The first-order chi connectivity index (χ1) is 14.1. The van der Waals surface area contributed by atoms with E-state index < -0.39 is 0 Å². The van der Waals surface area contributed by atoms with E-state index in [0.29, 0.717) is 23.7 Å². The van der Waals surface area contributed by atoms with E-state index in [1.165, 1.54) is 6.21 Å². The standard InChI is InChI=1S/C21H20N6O2/c1-13-8-15(6-7-23-13)25-17-11-24-20(9-14(17)10-22)27-21(28)26-18-12-29-19-5-3-2-4-16(18)19/h2-11,18,22H,12H2,1H3,(H,23,25)(H2,24,26,27,28).